The Kier molecular flexibility index (Phi) is 6.01. The first-order chi connectivity index (χ1) is 13.0. The van der Waals surface area contributed by atoms with E-state index < -0.39 is 5.82 Å². The van der Waals surface area contributed by atoms with E-state index in [2.05, 4.69) is 5.32 Å². The summed E-state index contributed by atoms with van der Waals surface area (Å²) in [6.45, 7) is 1.89. The highest BCUT2D eigenvalue weighted by Crippen LogP contribution is 2.20. The lowest BCUT2D eigenvalue weighted by molar-refractivity contribution is -0.133. The lowest BCUT2D eigenvalue weighted by atomic mass is 10.1. The van der Waals surface area contributed by atoms with Gasteiger partial charge in [0.2, 0.25) is 11.8 Å². The molecule has 0 unspecified atom stereocenters. The van der Waals surface area contributed by atoms with E-state index in [9.17, 15) is 18.4 Å². The number of para-hydroxylation sites is 1. The van der Waals surface area contributed by atoms with E-state index in [0.717, 1.165) is 0 Å². The zero-order chi connectivity index (χ0) is 19.2. The Morgan fingerprint density at radius 1 is 0.963 bits per heavy atom. The number of amides is 2. The molecule has 0 atom stereocenters. The molecule has 3 rings (SSSR count). The van der Waals surface area contributed by atoms with Gasteiger partial charge < -0.3 is 15.1 Å². The van der Waals surface area contributed by atoms with Gasteiger partial charge in [0.25, 0.3) is 0 Å². The molecule has 2 amide bonds. The molecule has 142 valence electrons. The van der Waals surface area contributed by atoms with E-state index in [4.69, 9.17) is 0 Å². The third-order valence-corrected chi connectivity index (χ3v) is 4.52. The zero-order valence-electron chi connectivity index (χ0n) is 14.8. The third kappa shape index (κ3) is 5.03. The first kappa shape index (κ1) is 18.8. The molecule has 2 aromatic rings. The average Bonchev–Trinajstić information content (AvgIpc) is 2.67. The number of piperazine rings is 1. The van der Waals surface area contributed by atoms with Crippen LogP contribution < -0.4 is 10.2 Å². The van der Waals surface area contributed by atoms with Crippen LogP contribution in [0.25, 0.3) is 0 Å². The second-order valence-electron chi connectivity index (χ2n) is 6.40. The molecule has 0 spiro atoms. The standard InChI is InChI=1S/C20H21F2N3O2/c21-16-5-3-4-15(12-16)13-19(26)23-14-20(27)25-10-8-24(9-11-25)18-7-2-1-6-17(18)22/h1-7,12H,8-11,13-14H2,(H,23,26). The lowest BCUT2D eigenvalue weighted by Crippen LogP contribution is -2.51. The summed E-state index contributed by atoms with van der Waals surface area (Å²) in [5, 5.41) is 2.57. The number of halogens is 2. The van der Waals surface area contributed by atoms with Crippen molar-refractivity contribution in [3.05, 3.63) is 65.7 Å². The van der Waals surface area contributed by atoms with Gasteiger partial charge in [-0.25, -0.2) is 8.78 Å². The molecule has 5 nitrogen and oxygen atoms in total. The topological polar surface area (TPSA) is 52.7 Å². The van der Waals surface area contributed by atoms with Crippen LogP contribution in [0.4, 0.5) is 14.5 Å². The van der Waals surface area contributed by atoms with Crippen LogP contribution in [0, 0.1) is 11.6 Å². The molecule has 0 radical (unpaired) electrons. The average molecular weight is 373 g/mol. The number of nitrogens with one attached hydrogen (secondary N) is 1. The fourth-order valence-electron chi connectivity index (χ4n) is 3.09. The Labute approximate surface area is 156 Å². The highest BCUT2D eigenvalue weighted by molar-refractivity contribution is 5.85. The van der Waals surface area contributed by atoms with Crippen molar-refractivity contribution in [2.45, 2.75) is 6.42 Å². The van der Waals surface area contributed by atoms with Crippen molar-refractivity contribution < 1.29 is 18.4 Å². The Morgan fingerprint density at radius 3 is 2.41 bits per heavy atom. The van der Waals surface area contributed by atoms with Crippen molar-refractivity contribution in [3.63, 3.8) is 0 Å². The molecule has 0 saturated carbocycles. The van der Waals surface area contributed by atoms with Crippen LogP contribution in [0.15, 0.2) is 48.5 Å². The second kappa shape index (κ2) is 8.62. The van der Waals surface area contributed by atoms with Gasteiger partial charge in [-0.3, -0.25) is 9.59 Å². The van der Waals surface area contributed by atoms with Gasteiger partial charge in [-0.05, 0) is 29.8 Å². The molecule has 0 aliphatic carbocycles. The molecule has 1 saturated heterocycles. The number of carbonyl (C=O) groups is 2. The minimum absolute atomic E-state index is 0.0199. The molecular formula is C20H21F2N3O2. The lowest BCUT2D eigenvalue weighted by Gasteiger charge is -2.36. The van der Waals surface area contributed by atoms with E-state index in [1.165, 1.54) is 24.3 Å². The van der Waals surface area contributed by atoms with E-state index >= 15 is 0 Å². The predicted octanol–water partition coefficient (Wildman–Crippen LogP) is 1.97. The maximum Gasteiger partial charge on any atom is 0.242 e. The van der Waals surface area contributed by atoms with Crippen LogP contribution in [-0.2, 0) is 16.0 Å². The first-order valence-corrected chi connectivity index (χ1v) is 8.81. The molecule has 1 heterocycles. The summed E-state index contributed by atoms with van der Waals surface area (Å²) in [7, 11) is 0. The third-order valence-electron chi connectivity index (χ3n) is 4.52. The normalized spacial score (nSPS) is 14.1. The number of hydrogen-bond donors (Lipinski definition) is 1. The van der Waals surface area contributed by atoms with E-state index in [0.29, 0.717) is 37.4 Å². The van der Waals surface area contributed by atoms with E-state index in [1.807, 2.05) is 4.90 Å². The van der Waals surface area contributed by atoms with Crippen molar-refractivity contribution in [1.82, 2.24) is 10.2 Å². The maximum absolute atomic E-state index is 13.9. The van der Waals surface area contributed by atoms with Gasteiger partial charge in [-0.1, -0.05) is 24.3 Å². The largest absolute Gasteiger partial charge is 0.366 e. The van der Waals surface area contributed by atoms with Crippen LogP contribution in [-0.4, -0.2) is 49.4 Å². The van der Waals surface area contributed by atoms with Gasteiger partial charge in [0.1, 0.15) is 11.6 Å². The number of benzene rings is 2. The summed E-state index contributed by atoms with van der Waals surface area (Å²) in [4.78, 5) is 27.8. The highest BCUT2D eigenvalue weighted by atomic mass is 19.1. The number of anilines is 1. The molecule has 0 bridgehead atoms. The summed E-state index contributed by atoms with van der Waals surface area (Å²) in [6, 6.07) is 12.4. The molecular weight excluding hydrogens is 352 g/mol. The van der Waals surface area contributed by atoms with Gasteiger partial charge >= 0.3 is 0 Å². The minimum Gasteiger partial charge on any atom is -0.366 e. The van der Waals surface area contributed by atoms with Gasteiger partial charge in [0.05, 0.1) is 18.7 Å². The van der Waals surface area contributed by atoms with Gasteiger partial charge in [0, 0.05) is 26.2 Å². The Bertz CT molecular complexity index is 820. The summed E-state index contributed by atoms with van der Waals surface area (Å²) in [5.74, 6) is -1.19. The SMILES string of the molecule is O=C(Cc1cccc(F)c1)NCC(=O)N1CCN(c2ccccc2F)CC1. The Balaban J connectivity index is 1.44. The minimum atomic E-state index is -0.399. The smallest absolute Gasteiger partial charge is 0.242 e. The quantitative estimate of drug-likeness (QED) is 0.872. The number of nitrogens with zero attached hydrogens (tertiary/aromatic N) is 2. The monoisotopic (exact) mass is 373 g/mol. The van der Waals surface area contributed by atoms with Crippen LogP contribution in [0.3, 0.4) is 0 Å². The Hall–Kier alpha value is -2.96. The van der Waals surface area contributed by atoms with Crippen LogP contribution in [0.2, 0.25) is 0 Å². The highest BCUT2D eigenvalue weighted by Gasteiger charge is 2.22. The predicted molar refractivity (Wildman–Crippen MR) is 98.3 cm³/mol. The Morgan fingerprint density at radius 2 is 1.70 bits per heavy atom. The summed E-state index contributed by atoms with van der Waals surface area (Å²) in [6.07, 6.45) is 0.0199. The number of hydrogen-bond acceptors (Lipinski definition) is 3. The summed E-state index contributed by atoms with van der Waals surface area (Å²) >= 11 is 0. The molecule has 0 aromatic heterocycles. The van der Waals surface area contributed by atoms with Gasteiger partial charge in [-0.2, -0.15) is 0 Å². The number of rotatable bonds is 5. The van der Waals surface area contributed by atoms with Gasteiger partial charge in [-0.15, -0.1) is 0 Å². The molecule has 1 fully saturated rings. The van der Waals surface area contributed by atoms with E-state index in [1.54, 1.807) is 29.2 Å². The van der Waals surface area contributed by atoms with Crippen LogP contribution in [0.5, 0.6) is 0 Å². The molecule has 2 aromatic carbocycles. The summed E-state index contributed by atoms with van der Waals surface area (Å²) in [5.41, 5.74) is 1.09. The van der Waals surface area contributed by atoms with E-state index in [-0.39, 0.29) is 30.6 Å². The van der Waals surface area contributed by atoms with Crippen molar-refractivity contribution in [2.75, 3.05) is 37.6 Å². The molecule has 1 aliphatic rings. The fourth-order valence-corrected chi connectivity index (χ4v) is 3.09. The molecule has 1 N–H and O–H groups in total. The van der Waals surface area contributed by atoms with Crippen molar-refractivity contribution in [2.24, 2.45) is 0 Å². The molecule has 1 aliphatic heterocycles. The number of carbonyl (C=O) groups excluding carboxylic acids is 2. The van der Waals surface area contributed by atoms with Gasteiger partial charge in [0.15, 0.2) is 0 Å². The summed E-state index contributed by atoms with van der Waals surface area (Å²) < 4.78 is 27.0. The maximum atomic E-state index is 13.9. The molecule has 7 heteroatoms. The second-order valence-corrected chi connectivity index (χ2v) is 6.40. The fraction of sp³-hybridized carbons (Fsp3) is 0.300. The zero-order valence-corrected chi connectivity index (χ0v) is 14.8. The molecule has 27 heavy (non-hydrogen) atoms. The van der Waals surface area contributed by atoms with Crippen LogP contribution >= 0.6 is 0 Å². The van der Waals surface area contributed by atoms with Crippen molar-refractivity contribution >= 4 is 17.5 Å². The van der Waals surface area contributed by atoms with Crippen molar-refractivity contribution in [1.29, 1.82) is 0 Å². The van der Waals surface area contributed by atoms with Crippen LogP contribution in [0.1, 0.15) is 5.56 Å². The first-order valence-electron chi connectivity index (χ1n) is 8.81. The van der Waals surface area contributed by atoms with Crippen molar-refractivity contribution in [3.8, 4) is 0 Å².